The molecule has 0 aromatic rings. The molecule has 0 aromatic carbocycles. The van der Waals surface area contributed by atoms with E-state index in [1.807, 2.05) is 0 Å². The van der Waals surface area contributed by atoms with E-state index in [1.54, 1.807) is 0 Å². The first-order valence-corrected chi connectivity index (χ1v) is 4.96. The fourth-order valence-corrected chi connectivity index (χ4v) is 1.81. The molecular weight excluding hydrogens is 184 g/mol. The minimum atomic E-state index is -3.68. The molecule has 7 heteroatoms. The summed E-state index contributed by atoms with van der Waals surface area (Å²) < 4.78 is 23.0. The monoisotopic (exact) mass is 194 g/mol. The Hall–Kier alpha value is -0.660. The molecule has 12 heavy (non-hydrogen) atoms. The summed E-state index contributed by atoms with van der Waals surface area (Å²) in [6.07, 6.45) is 0.650. The summed E-state index contributed by atoms with van der Waals surface area (Å²) >= 11 is 0. The van der Waals surface area contributed by atoms with Crippen LogP contribution in [0.5, 0.6) is 0 Å². The van der Waals surface area contributed by atoms with E-state index in [0.29, 0.717) is 12.8 Å². The van der Waals surface area contributed by atoms with E-state index in [1.165, 1.54) is 0 Å². The first-order chi connectivity index (χ1) is 5.38. The van der Waals surface area contributed by atoms with E-state index in [0.717, 1.165) is 0 Å². The van der Waals surface area contributed by atoms with E-state index in [-0.39, 0.29) is 6.04 Å². The summed E-state index contributed by atoms with van der Waals surface area (Å²) in [4.78, 5) is 10.3. The van der Waals surface area contributed by atoms with Crippen molar-refractivity contribution >= 4 is 16.2 Å². The molecule has 70 valence electrons. The maximum absolute atomic E-state index is 10.4. The zero-order valence-electron chi connectivity index (χ0n) is 6.23. The van der Waals surface area contributed by atoms with Crippen molar-refractivity contribution in [1.82, 2.24) is 4.72 Å². The van der Waals surface area contributed by atoms with Crippen molar-refractivity contribution in [2.75, 3.05) is 0 Å². The lowest BCUT2D eigenvalue weighted by molar-refractivity contribution is -0.145. The molecule has 1 aliphatic carbocycles. The Morgan fingerprint density at radius 3 is 2.33 bits per heavy atom. The molecule has 0 spiro atoms. The minimum absolute atomic E-state index is 0.305. The number of nitrogens with one attached hydrogen (secondary N) is 1. The number of nitrogens with two attached hydrogens (primary N) is 1. The van der Waals surface area contributed by atoms with Crippen LogP contribution >= 0.6 is 0 Å². The molecule has 0 saturated heterocycles. The van der Waals surface area contributed by atoms with Crippen molar-refractivity contribution in [3.63, 3.8) is 0 Å². The molecular formula is C5H10N2O4S. The van der Waals surface area contributed by atoms with Crippen LogP contribution in [0.25, 0.3) is 0 Å². The standard InChI is InChI=1S/C5H10N2O4S/c6-12(10,11)7-4-1-3(2-4)5(8)9/h3-4,7H,1-2H2,(H,8,9)(H2,6,10,11). The fourth-order valence-electron chi connectivity index (χ4n) is 1.15. The summed E-state index contributed by atoms with van der Waals surface area (Å²) in [5.74, 6) is -1.31. The quantitative estimate of drug-likeness (QED) is 0.515. The van der Waals surface area contributed by atoms with Crippen LogP contribution in [-0.4, -0.2) is 25.5 Å². The molecule has 0 amide bonds. The number of hydrogen-bond acceptors (Lipinski definition) is 3. The largest absolute Gasteiger partial charge is 0.481 e. The van der Waals surface area contributed by atoms with Gasteiger partial charge in [0.2, 0.25) is 0 Å². The fraction of sp³-hybridized carbons (Fsp3) is 0.800. The van der Waals surface area contributed by atoms with Crippen molar-refractivity contribution in [2.45, 2.75) is 18.9 Å². The van der Waals surface area contributed by atoms with Gasteiger partial charge in [-0.05, 0) is 12.8 Å². The van der Waals surface area contributed by atoms with E-state index >= 15 is 0 Å². The van der Waals surface area contributed by atoms with Crippen LogP contribution < -0.4 is 9.86 Å². The second-order valence-corrected chi connectivity index (χ2v) is 4.19. The number of carboxylic acid groups (broad SMARTS) is 1. The third kappa shape index (κ3) is 2.43. The van der Waals surface area contributed by atoms with Crippen molar-refractivity contribution in [3.05, 3.63) is 0 Å². The average Bonchev–Trinajstić information content (AvgIpc) is 1.74. The lowest BCUT2D eigenvalue weighted by Crippen LogP contribution is -2.48. The van der Waals surface area contributed by atoms with Gasteiger partial charge in [-0.25, -0.2) is 5.14 Å². The van der Waals surface area contributed by atoms with Crippen LogP contribution in [0.1, 0.15) is 12.8 Å². The zero-order chi connectivity index (χ0) is 9.35. The van der Waals surface area contributed by atoms with E-state index in [4.69, 9.17) is 5.11 Å². The predicted molar refractivity (Wildman–Crippen MR) is 40.4 cm³/mol. The van der Waals surface area contributed by atoms with Gasteiger partial charge in [-0.15, -0.1) is 0 Å². The molecule has 0 bridgehead atoms. The van der Waals surface area contributed by atoms with Gasteiger partial charge in [-0.3, -0.25) is 4.79 Å². The highest BCUT2D eigenvalue weighted by Crippen LogP contribution is 2.27. The number of carboxylic acids is 1. The summed E-state index contributed by atoms with van der Waals surface area (Å²) in [6.45, 7) is 0. The minimum Gasteiger partial charge on any atom is -0.481 e. The molecule has 0 heterocycles. The Morgan fingerprint density at radius 1 is 1.50 bits per heavy atom. The summed E-state index contributed by atoms with van der Waals surface area (Å²) in [5, 5.41) is 13.1. The van der Waals surface area contributed by atoms with Crippen molar-refractivity contribution < 1.29 is 18.3 Å². The highest BCUT2D eigenvalue weighted by Gasteiger charge is 2.35. The first kappa shape index (κ1) is 9.43. The van der Waals surface area contributed by atoms with Crippen molar-refractivity contribution in [1.29, 1.82) is 0 Å². The first-order valence-electron chi connectivity index (χ1n) is 3.41. The Bertz CT molecular complexity index is 280. The maximum atomic E-state index is 10.4. The number of carbonyl (C=O) groups is 1. The predicted octanol–water partition coefficient (Wildman–Crippen LogP) is -1.36. The van der Waals surface area contributed by atoms with Gasteiger partial charge in [0, 0.05) is 6.04 Å². The number of aliphatic carboxylic acids is 1. The van der Waals surface area contributed by atoms with Crippen molar-refractivity contribution in [3.8, 4) is 0 Å². The van der Waals surface area contributed by atoms with E-state index < -0.39 is 22.1 Å². The van der Waals surface area contributed by atoms with Gasteiger partial charge in [0.15, 0.2) is 0 Å². The van der Waals surface area contributed by atoms with Crippen LogP contribution in [0.15, 0.2) is 0 Å². The summed E-state index contributed by atoms with van der Waals surface area (Å²) in [5.41, 5.74) is 0. The molecule has 1 aliphatic rings. The topological polar surface area (TPSA) is 109 Å². The third-order valence-electron chi connectivity index (χ3n) is 1.82. The van der Waals surface area contributed by atoms with Crippen LogP contribution in [0.3, 0.4) is 0 Å². The van der Waals surface area contributed by atoms with Gasteiger partial charge in [-0.2, -0.15) is 13.1 Å². The zero-order valence-corrected chi connectivity index (χ0v) is 7.04. The lowest BCUT2D eigenvalue weighted by atomic mass is 9.81. The molecule has 0 unspecified atom stereocenters. The Kier molecular flexibility index (Phi) is 2.36. The van der Waals surface area contributed by atoms with Gasteiger partial charge in [-0.1, -0.05) is 0 Å². The van der Waals surface area contributed by atoms with Crippen LogP contribution in [0, 0.1) is 5.92 Å². The molecule has 0 aliphatic heterocycles. The molecule has 6 nitrogen and oxygen atoms in total. The molecule has 1 saturated carbocycles. The van der Waals surface area contributed by atoms with Gasteiger partial charge in [0.05, 0.1) is 5.92 Å². The third-order valence-corrected chi connectivity index (χ3v) is 2.48. The second-order valence-electron chi connectivity index (χ2n) is 2.87. The van der Waals surface area contributed by atoms with Crippen LogP contribution in [-0.2, 0) is 15.0 Å². The molecule has 1 rings (SSSR count). The summed E-state index contributed by atoms with van der Waals surface area (Å²) in [6, 6.07) is -0.305. The Morgan fingerprint density at radius 2 is 2.00 bits per heavy atom. The van der Waals surface area contributed by atoms with Crippen LogP contribution in [0.2, 0.25) is 0 Å². The van der Waals surface area contributed by atoms with E-state index in [9.17, 15) is 13.2 Å². The van der Waals surface area contributed by atoms with Gasteiger partial charge in [0.1, 0.15) is 0 Å². The van der Waals surface area contributed by atoms with Crippen molar-refractivity contribution in [2.24, 2.45) is 11.1 Å². The normalized spacial score (nSPS) is 29.4. The van der Waals surface area contributed by atoms with Crippen LogP contribution in [0.4, 0.5) is 0 Å². The van der Waals surface area contributed by atoms with Gasteiger partial charge in [0.25, 0.3) is 10.2 Å². The lowest BCUT2D eigenvalue weighted by Gasteiger charge is -2.31. The van der Waals surface area contributed by atoms with Gasteiger partial charge < -0.3 is 5.11 Å². The molecule has 0 atom stereocenters. The maximum Gasteiger partial charge on any atom is 0.306 e. The highest BCUT2D eigenvalue weighted by molar-refractivity contribution is 7.87. The molecule has 0 radical (unpaired) electrons. The summed E-state index contributed by atoms with van der Waals surface area (Å²) in [7, 11) is -3.68. The second kappa shape index (κ2) is 3.00. The average molecular weight is 194 g/mol. The van der Waals surface area contributed by atoms with Gasteiger partial charge >= 0.3 is 5.97 Å². The Balaban J connectivity index is 2.32. The highest BCUT2D eigenvalue weighted by atomic mass is 32.2. The number of hydrogen-bond donors (Lipinski definition) is 3. The van der Waals surface area contributed by atoms with E-state index in [2.05, 4.69) is 9.86 Å². The Labute approximate surface area is 69.9 Å². The smallest absolute Gasteiger partial charge is 0.306 e. The molecule has 4 N–H and O–H groups in total. The molecule has 0 aromatic heterocycles. The SMILES string of the molecule is NS(=O)(=O)NC1CC(C(=O)O)C1. The number of rotatable bonds is 3. The molecule has 1 fully saturated rings.